The summed E-state index contributed by atoms with van der Waals surface area (Å²) in [6, 6.07) is 5.85. The monoisotopic (exact) mass is 292 g/mol. The Hall–Kier alpha value is -1.51. The van der Waals surface area contributed by atoms with Gasteiger partial charge in [0.15, 0.2) is 11.5 Å². The average Bonchev–Trinajstić information content (AvgIpc) is 2.50. The van der Waals surface area contributed by atoms with Crippen molar-refractivity contribution < 1.29 is 14.3 Å². The molecule has 0 heterocycles. The molecule has 1 rings (SSSR count). The van der Waals surface area contributed by atoms with Gasteiger partial charge >= 0.3 is 0 Å². The van der Waals surface area contributed by atoms with E-state index in [4.69, 9.17) is 9.47 Å². The molecule has 0 aliphatic heterocycles. The summed E-state index contributed by atoms with van der Waals surface area (Å²) >= 11 is 0. The maximum atomic E-state index is 12.1. The zero-order valence-corrected chi connectivity index (χ0v) is 13.8. The second-order valence-electron chi connectivity index (χ2n) is 5.34. The van der Waals surface area contributed by atoms with Gasteiger partial charge in [0, 0.05) is 12.3 Å². The van der Waals surface area contributed by atoms with Crippen molar-refractivity contribution in [2.24, 2.45) is 0 Å². The van der Waals surface area contributed by atoms with Crippen molar-refractivity contribution in [2.75, 3.05) is 13.2 Å². The number of hydrogen-bond donors (Lipinski definition) is 0. The minimum Gasteiger partial charge on any atom is -0.490 e. The van der Waals surface area contributed by atoms with E-state index >= 15 is 0 Å². The molecule has 1 atom stereocenters. The van der Waals surface area contributed by atoms with E-state index in [0.29, 0.717) is 19.6 Å². The SMILES string of the molecule is CCCOc1ccc(C(C)C(=O)CCC)cc1OCCC. The first-order chi connectivity index (χ1) is 10.1. The Labute approximate surface area is 128 Å². The number of ether oxygens (including phenoxy) is 2. The topological polar surface area (TPSA) is 35.5 Å². The van der Waals surface area contributed by atoms with E-state index in [-0.39, 0.29) is 11.7 Å². The summed E-state index contributed by atoms with van der Waals surface area (Å²) in [6.07, 6.45) is 3.42. The largest absolute Gasteiger partial charge is 0.490 e. The van der Waals surface area contributed by atoms with Crippen LogP contribution in [0.3, 0.4) is 0 Å². The summed E-state index contributed by atoms with van der Waals surface area (Å²) in [5.74, 6) is 1.71. The molecule has 118 valence electrons. The Morgan fingerprint density at radius 3 is 2.19 bits per heavy atom. The molecule has 0 N–H and O–H groups in total. The Kier molecular flexibility index (Phi) is 7.88. The van der Waals surface area contributed by atoms with Crippen molar-refractivity contribution in [1.82, 2.24) is 0 Å². The van der Waals surface area contributed by atoms with Crippen molar-refractivity contribution in [3.8, 4) is 11.5 Å². The first kappa shape index (κ1) is 17.5. The molecule has 0 spiro atoms. The highest BCUT2D eigenvalue weighted by Gasteiger charge is 2.16. The zero-order valence-electron chi connectivity index (χ0n) is 13.8. The van der Waals surface area contributed by atoms with E-state index in [2.05, 4.69) is 13.8 Å². The molecule has 0 bridgehead atoms. The van der Waals surface area contributed by atoms with Gasteiger partial charge in [0.25, 0.3) is 0 Å². The first-order valence-corrected chi connectivity index (χ1v) is 8.06. The maximum absolute atomic E-state index is 12.1. The molecule has 1 aromatic carbocycles. The second kappa shape index (κ2) is 9.43. The van der Waals surface area contributed by atoms with E-state index in [0.717, 1.165) is 36.3 Å². The minimum atomic E-state index is -0.0887. The first-order valence-electron chi connectivity index (χ1n) is 8.06. The van der Waals surface area contributed by atoms with Crippen LogP contribution in [-0.4, -0.2) is 19.0 Å². The van der Waals surface area contributed by atoms with E-state index in [9.17, 15) is 4.79 Å². The lowest BCUT2D eigenvalue weighted by molar-refractivity contribution is -0.120. The van der Waals surface area contributed by atoms with Crippen LogP contribution in [0.5, 0.6) is 11.5 Å². The van der Waals surface area contributed by atoms with Crippen LogP contribution in [0.2, 0.25) is 0 Å². The van der Waals surface area contributed by atoms with Crippen molar-refractivity contribution in [3.05, 3.63) is 23.8 Å². The quantitative estimate of drug-likeness (QED) is 0.625. The molecular formula is C18H28O3. The molecule has 3 nitrogen and oxygen atoms in total. The molecule has 0 aliphatic rings. The highest BCUT2D eigenvalue weighted by atomic mass is 16.5. The van der Waals surface area contributed by atoms with Crippen LogP contribution in [0.1, 0.15) is 64.9 Å². The number of Topliss-reactive ketones (excluding diaryl/α,β-unsaturated/α-hetero) is 1. The maximum Gasteiger partial charge on any atom is 0.161 e. The molecule has 1 unspecified atom stereocenters. The third-order valence-corrected chi connectivity index (χ3v) is 3.37. The number of benzene rings is 1. The fraction of sp³-hybridized carbons (Fsp3) is 0.611. The van der Waals surface area contributed by atoms with Gasteiger partial charge in [-0.2, -0.15) is 0 Å². The molecule has 0 saturated carbocycles. The highest BCUT2D eigenvalue weighted by molar-refractivity contribution is 5.85. The number of carbonyl (C=O) groups excluding carboxylic acids is 1. The lowest BCUT2D eigenvalue weighted by Crippen LogP contribution is -2.09. The van der Waals surface area contributed by atoms with Gasteiger partial charge < -0.3 is 9.47 Å². The van der Waals surface area contributed by atoms with Gasteiger partial charge in [-0.3, -0.25) is 4.79 Å². The smallest absolute Gasteiger partial charge is 0.161 e. The van der Waals surface area contributed by atoms with Crippen molar-refractivity contribution in [1.29, 1.82) is 0 Å². The van der Waals surface area contributed by atoms with Crippen LogP contribution in [0.15, 0.2) is 18.2 Å². The van der Waals surface area contributed by atoms with Crippen LogP contribution < -0.4 is 9.47 Å². The summed E-state index contributed by atoms with van der Waals surface area (Å²) in [5, 5.41) is 0. The van der Waals surface area contributed by atoms with Crippen molar-refractivity contribution >= 4 is 5.78 Å². The predicted octanol–water partition coefficient (Wildman–Crippen LogP) is 4.74. The summed E-state index contributed by atoms with van der Waals surface area (Å²) < 4.78 is 11.5. The Bertz CT molecular complexity index is 440. The molecule has 0 saturated heterocycles. The van der Waals surface area contributed by atoms with Crippen LogP contribution >= 0.6 is 0 Å². The number of hydrogen-bond acceptors (Lipinski definition) is 3. The molecule has 0 fully saturated rings. The molecule has 0 radical (unpaired) electrons. The number of rotatable bonds is 10. The Morgan fingerprint density at radius 2 is 1.62 bits per heavy atom. The Morgan fingerprint density at radius 1 is 1.00 bits per heavy atom. The highest BCUT2D eigenvalue weighted by Crippen LogP contribution is 2.32. The van der Waals surface area contributed by atoms with E-state index < -0.39 is 0 Å². The predicted molar refractivity (Wildman–Crippen MR) is 86.3 cm³/mol. The summed E-state index contributed by atoms with van der Waals surface area (Å²) in [4.78, 5) is 12.1. The number of ketones is 1. The van der Waals surface area contributed by atoms with Crippen LogP contribution in [0, 0.1) is 0 Å². The van der Waals surface area contributed by atoms with Gasteiger partial charge in [-0.1, -0.05) is 33.8 Å². The van der Waals surface area contributed by atoms with E-state index in [1.54, 1.807) is 0 Å². The van der Waals surface area contributed by atoms with Crippen molar-refractivity contribution in [3.63, 3.8) is 0 Å². The summed E-state index contributed by atoms with van der Waals surface area (Å²) in [6.45, 7) is 9.47. The summed E-state index contributed by atoms with van der Waals surface area (Å²) in [7, 11) is 0. The third kappa shape index (κ3) is 5.41. The molecule has 0 aliphatic carbocycles. The average molecular weight is 292 g/mol. The van der Waals surface area contributed by atoms with E-state index in [1.165, 1.54) is 0 Å². The van der Waals surface area contributed by atoms with Crippen LogP contribution in [-0.2, 0) is 4.79 Å². The van der Waals surface area contributed by atoms with Gasteiger partial charge in [0.1, 0.15) is 5.78 Å². The third-order valence-electron chi connectivity index (χ3n) is 3.37. The van der Waals surface area contributed by atoms with E-state index in [1.807, 2.05) is 32.0 Å². The molecule has 3 heteroatoms. The van der Waals surface area contributed by atoms with Crippen molar-refractivity contribution in [2.45, 2.75) is 59.3 Å². The minimum absolute atomic E-state index is 0.0887. The molecule has 0 amide bonds. The van der Waals surface area contributed by atoms with Gasteiger partial charge in [-0.25, -0.2) is 0 Å². The second-order valence-corrected chi connectivity index (χ2v) is 5.34. The summed E-state index contributed by atoms with van der Waals surface area (Å²) in [5.41, 5.74) is 1.00. The van der Waals surface area contributed by atoms with Crippen LogP contribution in [0.4, 0.5) is 0 Å². The van der Waals surface area contributed by atoms with Gasteiger partial charge in [-0.15, -0.1) is 0 Å². The van der Waals surface area contributed by atoms with Gasteiger partial charge in [-0.05, 0) is 37.0 Å². The fourth-order valence-electron chi connectivity index (χ4n) is 2.10. The Balaban J connectivity index is 2.93. The lowest BCUT2D eigenvalue weighted by Gasteiger charge is -2.16. The normalized spacial score (nSPS) is 12.0. The zero-order chi connectivity index (χ0) is 15.7. The fourth-order valence-corrected chi connectivity index (χ4v) is 2.10. The molecular weight excluding hydrogens is 264 g/mol. The molecule has 1 aromatic rings. The van der Waals surface area contributed by atoms with Crippen LogP contribution in [0.25, 0.3) is 0 Å². The molecule has 0 aromatic heterocycles. The van der Waals surface area contributed by atoms with Gasteiger partial charge in [0.2, 0.25) is 0 Å². The molecule has 21 heavy (non-hydrogen) atoms. The lowest BCUT2D eigenvalue weighted by atomic mass is 9.94. The number of carbonyl (C=O) groups is 1. The standard InChI is InChI=1S/C18H28O3/c1-5-8-16(19)14(4)15-9-10-17(20-11-6-2)18(13-15)21-12-7-3/h9-10,13-14H,5-8,11-12H2,1-4H3. The van der Waals surface area contributed by atoms with Gasteiger partial charge in [0.05, 0.1) is 13.2 Å².